The number of nitrogens with one attached hydrogen (secondary N) is 3. The van der Waals surface area contributed by atoms with Gasteiger partial charge in [-0.25, -0.2) is 15.0 Å². The number of thioether (sulfide) groups is 1. The Bertz CT molecular complexity index is 1020. The molecule has 27 heavy (non-hydrogen) atoms. The van der Waals surface area contributed by atoms with Crippen LogP contribution in [-0.2, 0) is 5.75 Å². The van der Waals surface area contributed by atoms with Gasteiger partial charge in [0, 0.05) is 12.3 Å². The molecule has 0 spiro atoms. The third-order valence-electron chi connectivity index (χ3n) is 3.70. The molecular formula is C19H21N6OS+. The van der Waals surface area contributed by atoms with E-state index in [2.05, 4.69) is 31.3 Å². The first-order valence-electron chi connectivity index (χ1n) is 8.37. The minimum Gasteiger partial charge on any atom is -0.322 e. The molecule has 0 bridgehead atoms. The van der Waals surface area contributed by atoms with Crippen LogP contribution < -0.4 is 21.6 Å². The van der Waals surface area contributed by atoms with Crippen LogP contribution in [0.15, 0.2) is 58.5 Å². The molecule has 0 aliphatic carbocycles. The van der Waals surface area contributed by atoms with Crippen molar-refractivity contribution in [1.29, 1.82) is 0 Å². The lowest BCUT2D eigenvalue weighted by atomic mass is 10.1. The first kappa shape index (κ1) is 18.7. The minimum atomic E-state index is -0.247. The Morgan fingerprint density at radius 1 is 1.26 bits per heavy atom. The highest BCUT2D eigenvalue weighted by molar-refractivity contribution is 7.98. The SMILES string of the molecule is Cc1ccc(NC(N)=[NH+]c2nc(CSc3ccccn3)cc(=O)[nH]2)c(C)c1. The maximum atomic E-state index is 11.9. The Balaban J connectivity index is 1.74. The van der Waals surface area contributed by atoms with Crippen molar-refractivity contribution in [2.75, 3.05) is 5.32 Å². The Morgan fingerprint density at radius 3 is 2.85 bits per heavy atom. The number of rotatable bonds is 5. The summed E-state index contributed by atoms with van der Waals surface area (Å²) in [5, 5.41) is 3.96. The largest absolute Gasteiger partial charge is 0.325 e. The van der Waals surface area contributed by atoms with Gasteiger partial charge in [0.05, 0.1) is 16.5 Å². The summed E-state index contributed by atoms with van der Waals surface area (Å²) in [5.41, 5.74) is 9.55. The highest BCUT2D eigenvalue weighted by Gasteiger charge is 2.08. The maximum Gasteiger partial charge on any atom is 0.325 e. The number of aromatic amines is 1. The topological polar surface area (TPSA) is 111 Å². The van der Waals surface area contributed by atoms with Crippen LogP contribution >= 0.6 is 11.8 Å². The van der Waals surface area contributed by atoms with E-state index >= 15 is 0 Å². The van der Waals surface area contributed by atoms with Gasteiger partial charge >= 0.3 is 5.95 Å². The Hall–Kier alpha value is -3.13. The van der Waals surface area contributed by atoms with Gasteiger partial charge in [-0.15, -0.1) is 4.98 Å². The molecule has 3 rings (SSSR count). The van der Waals surface area contributed by atoms with Crippen molar-refractivity contribution in [3.05, 3.63) is 75.8 Å². The first-order valence-corrected chi connectivity index (χ1v) is 9.36. The molecule has 0 unspecified atom stereocenters. The van der Waals surface area contributed by atoms with Crippen LogP contribution in [0.2, 0.25) is 0 Å². The number of nitrogens with zero attached hydrogens (tertiary/aromatic N) is 2. The van der Waals surface area contributed by atoms with Gasteiger partial charge in [-0.2, -0.15) is 0 Å². The minimum absolute atomic E-state index is 0.247. The number of nitrogens with two attached hydrogens (primary N) is 1. The van der Waals surface area contributed by atoms with E-state index < -0.39 is 0 Å². The van der Waals surface area contributed by atoms with Crippen molar-refractivity contribution in [1.82, 2.24) is 15.0 Å². The molecule has 0 atom stereocenters. The highest BCUT2D eigenvalue weighted by atomic mass is 32.2. The van der Waals surface area contributed by atoms with Crippen LogP contribution in [0.3, 0.4) is 0 Å². The van der Waals surface area contributed by atoms with E-state index in [1.54, 1.807) is 6.20 Å². The fourth-order valence-corrected chi connectivity index (χ4v) is 3.23. The maximum absolute atomic E-state index is 11.9. The number of aromatic nitrogens is 3. The number of guanidine groups is 1. The lowest BCUT2D eigenvalue weighted by molar-refractivity contribution is -0.365. The van der Waals surface area contributed by atoms with Crippen molar-refractivity contribution in [3.8, 4) is 0 Å². The molecule has 0 aliphatic heterocycles. The summed E-state index contributed by atoms with van der Waals surface area (Å²) in [6, 6.07) is 13.2. The monoisotopic (exact) mass is 381 g/mol. The predicted molar refractivity (Wildman–Crippen MR) is 108 cm³/mol. The van der Waals surface area contributed by atoms with Crippen LogP contribution in [0.5, 0.6) is 0 Å². The summed E-state index contributed by atoms with van der Waals surface area (Å²) in [7, 11) is 0. The van der Waals surface area contributed by atoms with Gasteiger partial charge in [-0.1, -0.05) is 35.5 Å². The highest BCUT2D eigenvalue weighted by Crippen LogP contribution is 2.18. The van der Waals surface area contributed by atoms with E-state index in [1.165, 1.54) is 23.4 Å². The molecule has 0 saturated carbocycles. The number of pyridine rings is 1. The number of hydrogen-bond acceptors (Lipinski definition) is 4. The molecule has 0 saturated heterocycles. The molecule has 138 valence electrons. The van der Waals surface area contributed by atoms with E-state index in [1.807, 2.05) is 44.2 Å². The lowest BCUT2D eigenvalue weighted by Crippen LogP contribution is -2.73. The van der Waals surface area contributed by atoms with Crippen molar-refractivity contribution in [2.24, 2.45) is 5.73 Å². The fraction of sp³-hybridized carbons (Fsp3) is 0.158. The van der Waals surface area contributed by atoms with Gasteiger partial charge in [0.1, 0.15) is 5.69 Å². The molecule has 0 amide bonds. The second kappa shape index (κ2) is 8.50. The van der Waals surface area contributed by atoms with Crippen LogP contribution in [0.4, 0.5) is 11.6 Å². The van der Waals surface area contributed by atoms with E-state index in [-0.39, 0.29) is 17.5 Å². The average molecular weight is 381 g/mol. The summed E-state index contributed by atoms with van der Waals surface area (Å²) >= 11 is 1.51. The van der Waals surface area contributed by atoms with E-state index in [9.17, 15) is 4.79 Å². The van der Waals surface area contributed by atoms with Gasteiger partial charge in [-0.05, 0) is 37.6 Å². The smallest absolute Gasteiger partial charge is 0.322 e. The third-order valence-corrected chi connectivity index (χ3v) is 4.68. The Kier molecular flexibility index (Phi) is 5.87. The van der Waals surface area contributed by atoms with E-state index in [4.69, 9.17) is 5.73 Å². The molecule has 2 heterocycles. The normalized spacial score (nSPS) is 11.4. The number of anilines is 1. The average Bonchev–Trinajstić information content (AvgIpc) is 2.63. The Morgan fingerprint density at radius 2 is 2.11 bits per heavy atom. The molecule has 5 N–H and O–H groups in total. The van der Waals surface area contributed by atoms with Crippen molar-refractivity contribution >= 4 is 29.4 Å². The molecule has 0 aliphatic rings. The number of H-pyrrole nitrogens is 1. The van der Waals surface area contributed by atoms with Gasteiger partial charge < -0.3 is 5.73 Å². The summed E-state index contributed by atoms with van der Waals surface area (Å²) in [6.07, 6.45) is 1.73. The van der Waals surface area contributed by atoms with Crippen LogP contribution in [0, 0.1) is 13.8 Å². The van der Waals surface area contributed by atoms with Gasteiger partial charge in [0.2, 0.25) is 0 Å². The van der Waals surface area contributed by atoms with Crippen LogP contribution in [0.1, 0.15) is 16.8 Å². The summed E-state index contributed by atoms with van der Waals surface area (Å²) < 4.78 is 0. The van der Waals surface area contributed by atoms with Crippen molar-refractivity contribution in [3.63, 3.8) is 0 Å². The fourth-order valence-electron chi connectivity index (χ4n) is 2.48. The number of benzene rings is 1. The summed E-state index contributed by atoms with van der Waals surface area (Å²) in [5.74, 6) is 1.09. The third kappa shape index (κ3) is 5.42. The number of aryl methyl sites for hydroxylation is 2. The van der Waals surface area contributed by atoms with Crippen LogP contribution in [-0.4, -0.2) is 20.9 Å². The summed E-state index contributed by atoms with van der Waals surface area (Å²) in [4.78, 5) is 26.1. The van der Waals surface area contributed by atoms with E-state index in [0.717, 1.165) is 16.3 Å². The molecule has 8 heteroatoms. The number of hydrogen-bond donors (Lipinski definition) is 4. The second-order valence-corrected chi connectivity index (χ2v) is 7.02. The van der Waals surface area contributed by atoms with Crippen LogP contribution in [0.25, 0.3) is 0 Å². The second-order valence-electron chi connectivity index (χ2n) is 6.02. The Labute approximate surface area is 161 Å². The standard InChI is InChI=1S/C19H20N6OS/c1-12-6-7-15(13(2)9-12)23-18(20)25-19-22-14(10-16(26)24-19)11-27-17-5-3-4-8-21-17/h3-10H,11H2,1-2H3,(H4,20,22,23,24,25,26)/p+1. The molecular weight excluding hydrogens is 360 g/mol. The molecule has 7 nitrogen and oxygen atoms in total. The van der Waals surface area contributed by atoms with Crippen molar-refractivity contribution < 1.29 is 4.99 Å². The summed E-state index contributed by atoms with van der Waals surface area (Å²) in [6.45, 7) is 4.03. The lowest BCUT2D eigenvalue weighted by Gasteiger charge is -2.06. The van der Waals surface area contributed by atoms with Gasteiger partial charge in [-0.3, -0.25) is 10.1 Å². The molecule has 0 fully saturated rings. The zero-order valence-corrected chi connectivity index (χ0v) is 15.9. The van der Waals surface area contributed by atoms with Crippen molar-refractivity contribution in [2.45, 2.75) is 24.6 Å². The quantitative estimate of drug-likeness (QED) is 0.300. The van der Waals surface area contributed by atoms with Gasteiger partial charge in [0.15, 0.2) is 0 Å². The van der Waals surface area contributed by atoms with E-state index in [0.29, 0.717) is 11.4 Å². The predicted octanol–water partition coefficient (Wildman–Crippen LogP) is 1.21. The zero-order chi connectivity index (χ0) is 19.2. The molecule has 0 radical (unpaired) electrons. The van der Waals surface area contributed by atoms with Gasteiger partial charge in [0.25, 0.3) is 11.5 Å². The molecule has 3 aromatic rings. The molecule has 2 aromatic heterocycles. The first-order chi connectivity index (χ1) is 13.0. The molecule has 1 aromatic carbocycles. The zero-order valence-electron chi connectivity index (χ0n) is 15.1.